The number of nitrogens with one attached hydrogen (secondary N) is 1. The molecule has 136 valence electrons. The van der Waals surface area contributed by atoms with Gasteiger partial charge in [0.1, 0.15) is 5.75 Å². The molecule has 5 heteroatoms. The first-order valence-corrected chi connectivity index (χ1v) is 8.86. The number of halogens is 1. The van der Waals surface area contributed by atoms with Crippen LogP contribution in [0.4, 0.5) is 0 Å². The molecule has 1 N–H and O–H groups in total. The Kier molecular flexibility index (Phi) is 7.35. The fourth-order valence-electron chi connectivity index (χ4n) is 3.70. The van der Waals surface area contributed by atoms with Gasteiger partial charge in [0.25, 0.3) is 0 Å². The van der Waals surface area contributed by atoms with Crippen LogP contribution < -0.4 is 10.1 Å². The van der Waals surface area contributed by atoms with Crippen LogP contribution in [0.3, 0.4) is 0 Å². The summed E-state index contributed by atoms with van der Waals surface area (Å²) in [6.45, 7) is 8.35. The molecule has 1 aromatic carbocycles. The zero-order valence-corrected chi connectivity index (χ0v) is 15.7. The van der Waals surface area contributed by atoms with E-state index in [2.05, 4.69) is 41.4 Å². The van der Waals surface area contributed by atoms with Crippen molar-refractivity contribution in [3.05, 3.63) is 29.8 Å². The van der Waals surface area contributed by atoms with Gasteiger partial charge in [-0.25, -0.2) is 0 Å². The minimum absolute atomic E-state index is 0. The normalized spacial score (nSPS) is 23.2. The zero-order valence-electron chi connectivity index (χ0n) is 14.9. The van der Waals surface area contributed by atoms with Gasteiger partial charge in [0, 0.05) is 44.7 Å². The zero-order chi connectivity index (χ0) is 16.1. The molecule has 1 aliphatic heterocycles. The third-order valence-corrected chi connectivity index (χ3v) is 5.35. The Balaban J connectivity index is 0.00000208. The predicted molar refractivity (Wildman–Crippen MR) is 100 cm³/mol. The molecule has 3 rings (SSSR count). The van der Waals surface area contributed by atoms with Gasteiger partial charge in [-0.2, -0.15) is 0 Å². The van der Waals surface area contributed by atoms with E-state index in [1.165, 1.54) is 31.4 Å². The van der Waals surface area contributed by atoms with Crippen molar-refractivity contribution in [2.45, 2.75) is 38.8 Å². The quantitative estimate of drug-likeness (QED) is 0.815. The lowest BCUT2D eigenvalue weighted by Gasteiger charge is -2.47. The Labute approximate surface area is 152 Å². The molecule has 0 spiro atoms. The molecule has 0 radical (unpaired) electrons. The van der Waals surface area contributed by atoms with Gasteiger partial charge in [0.05, 0.1) is 13.2 Å². The van der Waals surface area contributed by atoms with E-state index < -0.39 is 0 Å². The number of nitrogens with zero attached hydrogens (tertiary/aromatic N) is 1. The van der Waals surface area contributed by atoms with Crippen molar-refractivity contribution in [3.8, 4) is 5.75 Å². The summed E-state index contributed by atoms with van der Waals surface area (Å²) in [7, 11) is 1.73. The second-order valence-corrected chi connectivity index (χ2v) is 7.25. The van der Waals surface area contributed by atoms with E-state index in [9.17, 15) is 0 Å². The fraction of sp³-hybridized carbons (Fsp3) is 0.684. The maximum Gasteiger partial charge on any atom is 0.119 e. The second-order valence-electron chi connectivity index (χ2n) is 7.25. The molecule has 1 saturated carbocycles. The first-order valence-electron chi connectivity index (χ1n) is 8.86. The number of methoxy groups -OCH3 is 1. The van der Waals surface area contributed by atoms with E-state index in [0.717, 1.165) is 32.0 Å². The molecule has 2 aliphatic rings. The molecular formula is C19H31ClN2O2. The Morgan fingerprint density at radius 2 is 2.17 bits per heavy atom. The number of hydrogen-bond acceptors (Lipinski definition) is 4. The summed E-state index contributed by atoms with van der Waals surface area (Å²) in [5.41, 5.74) is 1.52. The Morgan fingerprint density at radius 1 is 1.33 bits per heavy atom. The lowest BCUT2D eigenvalue weighted by Crippen LogP contribution is -2.55. The second kappa shape index (κ2) is 9.04. The molecule has 0 bridgehead atoms. The molecule has 4 nitrogen and oxygen atoms in total. The molecule has 1 aromatic rings. The van der Waals surface area contributed by atoms with Crippen LogP contribution in [0.25, 0.3) is 0 Å². The highest BCUT2D eigenvalue weighted by Gasteiger charge is 2.40. The van der Waals surface area contributed by atoms with E-state index in [-0.39, 0.29) is 12.4 Å². The van der Waals surface area contributed by atoms with Crippen LogP contribution in [0.2, 0.25) is 0 Å². The summed E-state index contributed by atoms with van der Waals surface area (Å²) >= 11 is 0. The van der Waals surface area contributed by atoms with Gasteiger partial charge in [-0.1, -0.05) is 18.6 Å². The molecule has 2 fully saturated rings. The standard InChI is InChI=1S/C19H30N2O2.ClH/c1-16-12-20-9-10-21(16)14-19(7-4-8-19)15-23-18-6-3-5-17(11-18)13-22-2;/h3,5-6,11,16,20H,4,7-10,12-15H2,1-2H3;1H/t16-;/m0./s1. The Morgan fingerprint density at radius 3 is 2.83 bits per heavy atom. The lowest BCUT2D eigenvalue weighted by molar-refractivity contribution is 0.000777. The third-order valence-electron chi connectivity index (χ3n) is 5.35. The largest absolute Gasteiger partial charge is 0.493 e. The van der Waals surface area contributed by atoms with Crippen molar-refractivity contribution >= 4 is 12.4 Å². The van der Waals surface area contributed by atoms with Crippen LogP contribution >= 0.6 is 12.4 Å². The number of piperazine rings is 1. The molecule has 1 atom stereocenters. The summed E-state index contributed by atoms with van der Waals surface area (Å²) in [5.74, 6) is 0.971. The van der Waals surface area contributed by atoms with E-state index >= 15 is 0 Å². The van der Waals surface area contributed by atoms with E-state index in [0.29, 0.717) is 18.1 Å². The number of rotatable bonds is 7. The summed E-state index contributed by atoms with van der Waals surface area (Å²) in [6.07, 6.45) is 3.93. The minimum atomic E-state index is 0. The SMILES string of the molecule is COCc1cccc(OCC2(CN3CCNC[C@@H]3C)CCC2)c1.Cl. The Bertz CT molecular complexity index is 508. The van der Waals surface area contributed by atoms with Crippen LogP contribution in [-0.4, -0.2) is 50.8 Å². The van der Waals surface area contributed by atoms with Crippen molar-refractivity contribution < 1.29 is 9.47 Å². The fourth-order valence-corrected chi connectivity index (χ4v) is 3.70. The van der Waals surface area contributed by atoms with Crippen molar-refractivity contribution in [2.75, 3.05) is 39.9 Å². The van der Waals surface area contributed by atoms with Crippen LogP contribution in [0.15, 0.2) is 24.3 Å². The van der Waals surface area contributed by atoms with Crippen LogP contribution in [-0.2, 0) is 11.3 Å². The molecule has 1 aliphatic carbocycles. The average Bonchev–Trinajstić information content (AvgIpc) is 2.52. The van der Waals surface area contributed by atoms with Gasteiger partial charge in [0.15, 0.2) is 0 Å². The van der Waals surface area contributed by atoms with Crippen LogP contribution in [0.1, 0.15) is 31.7 Å². The summed E-state index contributed by atoms with van der Waals surface area (Å²) in [4.78, 5) is 2.64. The molecule has 1 saturated heterocycles. The highest BCUT2D eigenvalue weighted by atomic mass is 35.5. The first kappa shape index (κ1) is 19.5. The predicted octanol–water partition coefficient (Wildman–Crippen LogP) is 3.10. The van der Waals surface area contributed by atoms with Gasteiger partial charge in [0.2, 0.25) is 0 Å². The van der Waals surface area contributed by atoms with Gasteiger partial charge < -0.3 is 14.8 Å². The monoisotopic (exact) mass is 354 g/mol. The first-order chi connectivity index (χ1) is 11.2. The van der Waals surface area contributed by atoms with Crippen molar-refractivity contribution in [2.24, 2.45) is 5.41 Å². The van der Waals surface area contributed by atoms with E-state index in [1.807, 2.05) is 0 Å². The molecule has 24 heavy (non-hydrogen) atoms. The minimum Gasteiger partial charge on any atom is -0.493 e. The van der Waals surface area contributed by atoms with Crippen molar-refractivity contribution in [1.82, 2.24) is 10.2 Å². The van der Waals surface area contributed by atoms with Crippen molar-refractivity contribution in [1.29, 1.82) is 0 Å². The van der Waals surface area contributed by atoms with Gasteiger partial charge in [-0.15, -0.1) is 12.4 Å². The maximum absolute atomic E-state index is 6.18. The summed E-state index contributed by atoms with van der Waals surface area (Å²) in [5, 5.41) is 3.48. The summed E-state index contributed by atoms with van der Waals surface area (Å²) in [6, 6.07) is 8.92. The Hall–Kier alpha value is -0.810. The molecule has 0 amide bonds. The molecule has 0 aromatic heterocycles. The maximum atomic E-state index is 6.18. The lowest BCUT2D eigenvalue weighted by atomic mass is 9.68. The average molecular weight is 355 g/mol. The van der Waals surface area contributed by atoms with E-state index in [4.69, 9.17) is 9.47 Å². The van der Waals surface area contributed by atoms with Crippen LogP contribution in [0.5, 0.6) is 5.75 Å². The van der Waals surface area contributed by atoms with Gasteiger partial charge >= 0.3 is 0 Å². The smallest absolute Gasteiger partial charge is 0.119 e. The number of ether oxygens (including phenoxy) is 2. The number of benzene rings is 1. The van der Waals surface area contributed by atoms with Crippen LogP contribution in [0, 0.1) is 5.41 Å². The summed E-state index contributed by atoms with van der Waals surface area (Å²) < 4.78 is 11.4. The van der Waals surface area contributed by atoms with E-state index in [1.54, 1.807) is 7.11 Å². The topological polar surface area (TPSA) is 33.7 Å². The van der Waals surface area contributed by atoms with Gasteiger partial charge in [-0.3, -0.25) is 4.90 Å². The molecule has 0 unspecified atom stereocenters. The molecule has 1 heterocycles. The highest BCUT2D eigenvalue weighted by molar-refractivity contribution is 5.85. The number of hydrogen-bond donors (Lipinski definition) is 1. The highest BCUT2D eigenvalue weighted by Crippen LogP contribution is 2.42. The third kappa shape index (κ3) is 4.85. The van der Waals surface area contributed by atoms with Crippen molar-refractivity contribution in [3.63, 3.8) is 0 Å². The van der Waals surface area contributed by atoms with Gasteiger partial charge in [-0.05, 0) is 37.5 Å². The molecular weight excluding hydrogens is 324 g/mol.